The maximum absolute atomic E-state index is 12.8. The van der Waals surface area contributed by atoms with E-state index in [2.05, 4.69) is 36.3 Å². The van der Waals surface area contributed by atoms with Crippen LogP contribution in [0.5, 0.6) is 0 Å². The van der Waals surface area contributed by atoms with E-state index in [-0.39, 0.29) is 17.6 Å². The first kappa shape index (κ1) is 23.1. The highest BCUT2D eigenvalue weighted by Gasteiger charge is 2.23. The van der Waals surface area contributed by atoms with E-state index >= 15 is 0 Å². The molecule has 0 aliphatic heterocycles. The standard InChI is InChI=1S/C22H17BrClN5O3S/c1-3-32-21(31)18-17(13-4-6-14(23)7-5-13)26-22(33-18)27-20(30)19-25-12(2)29(28-19)16-10-8-15(24)9-11-16/h4-11H,3H2,1-2H3,(H,26,27,30). The van der Waals surface area contributed by atoms with Crippen LogP contribution in [0.1, 0.15) is 33.0 Å². The summed E-state index contributed by atoms with van der Waals surface area (Å²) in [7, 11) is 0. The summed E-state index contributed by atoms with van der Waals surface area (Å²) in [5.41, 5.74) is 1.87. The minimum absolute atomic E-state index is 0.0273. The third kappa shape index (κ3) is 5.13. The molecule has 0 spiro atoms. The Bertz CT molecular complexity index is 1320. The molecule has 0 saturated heterocycles. The van der Waals surface area contributed by atoms with Gasteiger partial charge in [-0.15, -0.1) is 5.10 Å². The lowest BCUT2D eigenvalue weighted by atomic mass is 10.1. The Morgan fingerprint density at radius 1 is 1.12 bits per heavy atom. The number of hydrogen-bond donors (Lipinski definition) is 1. The van der Waals surface area contributed by atoms with E-state index in [1.165, 1.54) is 0 Å². The molecule has 8 nitrogen and oxygen atoms in total. The van der Waals surface area contributed by atoms with Gasteiger partial charge in [0.05, 0.1) is 18.0 Å². The van der Waals surface area contributed by atoms with Gasteiger partial charge in [-0.05, 0) is 50.2 Å². The van der Waals surface area contributed by atoms with Gasteiger partial charge in [0, 0.05) is 15.1 Å². The summed E-state index contributed by atoms with van der Waals surface area (Å²) in [5.74, 6) is -0.545. The molecule has 4 aromatic rings. The van der Waals surface area contributed by atoms with Gasteiger partial charge in [-0.25, -0.2) is 19.4 Å². The number of aryl methyl sites for hydroxylation is 1. The van der Waals surface area contributed by atoms with E-state index in [9.17, 15) is 9.59 Å². The molecule has 0 aliphatic rings. The van der Waals surface area contributed by atoms with Gasteiger partial charge in [0.25, 0.3) is 5.91 Å². The molecule has 0 bridgehead atoms. The average molecular weight is 547 g/mol. The molecule has 4 rings (SSSR count). The van der Waals surface area contributed by atoms with Crippen LogP contribution in [0.3, 0.4) is 0 Å². The van der Waals surface area contributed by atoms with Crippen molar-refractivity contribution in [1.29, 1.82) is 0 Å². The molecule has 0 radical (unpaired) electrons. The van der Waals surface area contributed by atoms with Gasteiger partial charge < -0.3 is 4.74 Å². The van der Waals surface area contributed by atoms with Crippen molar-refractivity contribution in [3.05, 3.63) is 74.6 Å². The Kier molecular flexibility index (Phi) is 6.87. The Hall–Kier alpha value is -3.08. The number of thiazole rings is 1. The number of nitrogens with one attached hydrogen (secondary N) is 1. The minimum Gasteiger partial charge on any atom is -0.462 e. The van der Waals surface area contributed by atoms with Gasteiger partial charge in [-0.3, -0.25) is 10.1 Å². The van der Waals surface area contributed by atoms with Crippen molar-refractivity contribution < 1.29 is 14.3 Å². The normalized spacial score (nSPS) is 10.8. The zero-order valence-electron chi connectivity index (χ0n) is 17.5. The molecule has 1 N–H and O–H groups in total. The highest BCUT2D eigenvalue weighted by atomic mass is 79.9. The smallest absolute Gasteiger partial charge is 0.350 e. The monoisotopic (exact) mass is 545 g/mol. The van der Waals surface area contributed by atoms with Crippen LogP contribution in [-0.4, -0.2) is 38.2 Å². The molecular formula is C22H17BrClN5O3S. The Balaban J connectivity index is 1.62. The van der Waals surface area contributed by atoms with E-state index in [0.717, 1.165) is 27.1 Å². The van der Waals surface area contributed by atoms with Crippen molar-refractivity contribution in [2.24, 2.45) is 0 Å². The number of halogens is 2. The van der Waals surface area contributed by atoms with Crippen LogP contribution in [0.4, 0.5) is 5.13 Å². The van der Waals surface area contributed by atoms with Crippen molar-refractivity contribution >= 4 is 55.9 Å². The van der Waals surface area contributed by atoms with Crippen LogP contribution >= 0.6 is 38.9 Å². The molecule has 0 aliphatic carbocycles. The van der Waals surface area contributed by atoms with Crippen molar-refractivity contribution in [3.63, 3.8) is 0 Å². The van der Waals surface area contributed by atoms with Crippen LogP contribution in [-0.2, 0) is 4.74 Å². The Labute approximate surface area is 206 Å². The number of esters is 1. The Morgan fingerprint density at radius 3 is 2.48 bits per heavy atom. The summed E-state index contributed by atoms with van der Waals surface area (Å²) in [6.07, 6.45) is 0. The number of hydrogen-bond acceptors (Lipinski definition) is 7. The predicted molar refractivity (Wildman–Crippen MR) is 130 cm³/mol. The fraction of sp³-hybridized carbons (Fsp3) is 0.136. The summed E-state index contributed by atoms with van der Waals surface area (Å²) < 4.78 is 7.61. The van der Waals surface area contributed by atoms with Crippen molar-refractivity contribution in [1.82, 2.24) is 19.7 Å². The predicted octanol–water partition coefficient (Wildman–Crippen LogP) is 5.54. The number of benzene rings is 2. The highest BCUT2D eigenvalue weighted by molar-refractivity contribution is 9.10. The molecule has 0 saturated carbocycles. The number of nitrogens with zero attached hydrogens (tertiary/aromatic N) is 4. The molecule has 0 atom stereocenters. The van der Waals surface area contributed by atoms with E-state index in [4.69, 9.17) is 16.3 Å². The molecule has 168 valence electrons. The number of aromatic nitrogens is 4. The highest BCUT2D eigenvalue weighted by Crippen LogP contribution is 2.32. The van der Waals surface area contributed by atoms with Crippen molar-refractivity contribution in [2.75, 3.05) is 11.9 Å². The van der Waals surface area contributed by atoms with Crippen LogP contribution in [0.2, 0.25) is 5.02 Å². The van der Waals surface area contributed by atoms with Gasteiger partial charge in [0.15, 0.2) is 5.13 Å². The number of rotatable bonds is 6. The fourth-order valence-corrected chi connectivity index (χ4v) is 4.24. The van der Waals surface area contributed by atoms with E-state index in [1.54, 1.807) is 42.8 Å². The Morgan fingerprint density at radius 2 is 1.82 bits per heavy atom. The SMILES string of the molecule is CCOC(=O)c1sc(NC(=O)c2nc(C)n(-c3ccc(Cl)cc3)n2)nc1-c1ccc(Br)cc1. The van der Waals surface area contributed by atoms with Gasteiger partial charge in [0.1, 0.15) is 10.7 Å². The second-order valence-electron chi connectivity index (χ2n) is 6.75. The molecule has 1 amide bonds. The third-order valence-corrected chi connectivity index (χ3v) is 6.20. The molecule has 2 aromatic heterocycles. The summed E-state index contributed by atoms with van der Waals surface area (Å²) >= 11 is 10.4. The van der Waals surface area contributed by atoms with E-state index in [0.29, 0.717) is 21.4 Å². The first-order valence-electron chi connectivity index (χ1n) is 9.80. The van der Waals surface area contributed by atoms with E-state index in [1.807, 2.05) is 24.3 Å². The van der Waals surface area contributed by atoms with Gasteiger partial charge in [-0.2, -0.15) is 0 Å². The molecular weight excluding hydrogens is 530 g/mol. The number of anilines is 1. The first-order valence-corrected chi connectivity index (χ1v) is 11.8. The van der Waals surface area contributed by atoms with E-state index < -0.39 is 11.9 Å². The minimum atomic E-state index is -0.544. The largest absolute Gasteiger partial charge is 0.462 e. The maximum atomic E-state index is 12.8. The molecule has 11 heteroatoms. The fourth-order valence-electron chi connectivity index (χ4n) is 2.98. The van der Waals surface area contributed by atoms with Gasteiger partial charge in [-0.1, -0.05) is 51.0 Å². The summed E-state index contributed by atoms with van der Waals surface area (Å²) in [5, 5.41) is 7.82. The summed E-state index contributed by atoms with van der Waals surface area (Å²) in [4.78, 5) is 34.3. The molecule has 2 heterocycles. The lowest BCUT2D eigenvalue weighted by Gasteiger charge is -2.02. The number of carbonyl (C=O) groups excluding carboxylic acids is 2. The summed E-state index contributed by atoms with van der Waals surface area (Å²) in [6, 6.07) is 14.4. The van der Waals surface area contributed by atoms with Crippen LogP contribution < -0.4 is 5.32 Å². The lowest BCUT2D eigenvalue weighted by molar-refractivity contribution is 0.0532. The third-order valence-electron chi connectivity index (χ3n) is 4.47. The van der Waals surface area contributed by atoms with Crippen molar-refractivity contribution in [2.45, 2.75) is 13.8 Å². The first-order chi connectivity index (χ1) is 15.9. The topological polar surface area (TPSA) is 99.0 Å². The van der Waals surface area contributed by atoms with Crippen LogP contribution in [0, 0.1) is 6.92 Å². The summed E-state index contributed by atoms with van der Waals surface area (Å²) in [6.45, 7) is 3.70. The number of ether oxygens (including phenoxy) is 1. The zero-order chi connectivity index (χ0) is 23.5. The van der Waals surface area contributed by atoms with Crippen LogP contribution in [0.15, 0.2) is 53.0 Å². The van der Waals surface area contributed by atoms with Gasteiger partial charge >= 0.3 is 5.97 Å². The molecule has 33 heavy (non-hydrogen) atoms. The average Bonchev–Trinajstić information content (AvgIpc) is 3.39. The van der Waals surface area contributed by atoms with Crippen molar-refractivity contribution in [3.8, 4) is 16.9 Å². The lowest BCUT2D eigenvalue weighted by Crippen LogP contribution is -2.14. The van der Waals surface area contributed by atoms with Crippen LogP contribution in [0.25, 0.3) is 16.9 Å². The molecule has 0 unspecified atom stereocenters. The molecule has 2 aromatic carbocycles. The zero-order valence-corrected chi connectivity index (χ0v) is 20.7. The number of carbonyl (C=O) groups is 2. The number of amides is 1. The second-order valence-corrected chi connectivity index (χ2v) is 9.10. The van der Waals surface area contributed by atoms with Gasteiger partial charge in [0.2, 0.25) is 5.82 Å². The molecule has 0 fully saturated rings. The maximum Gasteiger partial charge on any atom is 0.350 e. The second kappa shape index (κ2) is 9.82. The quantitative estimate of drug-likeness (QED) is 0.319.